The van der Waals surface area contributed by atoms with Crippen molar-refractivity contribution in [2.75, 3.05) is 7.11 Å². The average Bonchev–Trinajstić information content (AvgIpc) is 3.38. The maximum Gasteiger partial charge on any atom is 0.147 e. The standard InChI is InChI=1S/C20H15ClFN3O2S/c1-27-16-8-12(15(22)10-14(16)21)18(26)13-9-17(11-2-4-23-5-3-11)28-19(13)20-24-6-7-25-20/h2-10,18,26H,1H3,(H,24,25). The second-order valence-electron chi connectivity index (χ2n) is 5.98. The van der Waals surface area contributed by atoms with Gasteiger partial charge in [-0.1, -0.05) is 11.6 Å². The summed E-state index contributed by atoms with van der Waals surface area (Å²) in [6.45, 7) is 0. The van der Waals surface area contributed by atoms with Crippen LogP contribution in [0.1, 0.15) is 17.2 Å². The molecule has 0 aliphatic carbocycles. The van der Waals surface area contributed by atoms with Crippen LogP contribution < -0.4 is 4.74 Å². The number of H-pyrrole nitrogens is 1. The van der Waals surface area contributed by atoms with Gasteiger partial charge in [0, 0.05) is 40.8 Å². The first-order valence-electron chi connectivity index (χ1n) is 8.33. The van der Waals surface area contributed by atoms with E-state index in [1.54, 1.807) is 24.8 Å². The number of ether oxygens (including phenoxy) is 1. The van der Waals surface area contributed by atoms with Crippen LogP contribution in [-0.2, 0) is 0 Å². The Balaban J connectivity index is 1.86. The summed E-state index contributed by atoms with van der Waals surface area (Å²) in [4.78, 5) is 13.0. The number of nitrogens with zero attached hydrogens (tertiary/aromatic N) is 2. The monoisotopic (exact) mass is 415 g/mol. The first-order chi connectivity index (χ1) is 13.6. The van der Waals surface area contributed by atoms with Crippen molar-refractivity contribution in [3.05, 3.63) is 77.1 Å². The van der Waals surface area contributed by atoms with Crippen LogP contribution >= 0.6 is 22.9 Å². The quantitative estimate of drug-likeness (QED) is 0.476. The van der Waals surface area contributed by atoms with Gasteiger partial charge in [-0.05, 0) is 35.9 Å². The Kier molecular flexibility index (Phi) is 5.13. The van der Waals surface area contributed by atoms with Gasteiger partial charge in [0.2, 0.25) is 0 Å². The van der Waals surface area contributed by atoms with E-state index in [1.165, 1.54) is 24.5 Å². The van der Waals surface area contributed by atoms with Crippen molar-refractivity contribution in [1.29, 1.82) is 0 Å². The molecule has 1 unspecified atom stereocenters. The number of hydrogen-bond donors (Lipinski definition) is 2. The van der Waals surface area contributed by atoms with Gasteiger partial charge in [-0.25, -0.2) is 9.37 Å². The maximum absolute atomic E-state index is 14.6. The van der Waals surface area contributed by atoms with Crippen LogP contribution in [0.15, 0.2) is 55.1 Å². The highest BCUT2D eigenvalue weighted by Crippen LogP contribution is 2.42. The molecule has 1 aromatic carbocycles. The maximum atomic E-state index is 14.6. The number of hydrogen-bond acceptors (Lipinski definition) is 5. The minimum Gasteiger partial charge on any atom is -0.495 e. The Labute approximate surface area is 169 Å². The number of imidazole rings is 1. The molecular weight excluding hydrogens is 401 g/mol. The van der Waals surface area contributed by atoms with Gasteiger partial charge < -0.3 is 14.8 Å². The highest BCUT2D eigenvalue weighted by Gasteiger charge is 2.25. The van der Waals surface area contributed by atoms with E-state index in [-0.39, 0.29) is 10.6 Å². The number of aliphatic hydroxyl groups is 1. The number of nitrogens with one attached hydrogen (secondary N) is 1. The van der Waals surface area contributed by atoms with E-state index in [1.807, 2.05) is 18.2 Å². The molecule has 5 nitrogen and oxygen atoms in total. The zero-order valence-electron chi connectivity index (χ0n) is 14.7. The van der Waals surface area contributed by atoms with Crippen molar-refractivity contribution >= 4 is 22.9 Å². The first-order valence-corrected chi connectivity index (χ1v) is 9.52. The summed E-state index contributed by atoms with van der Waals surface area (Å²) in [5.41, 5.74) is 1.56. The van der Waals surface area contributed by atoms with Crippen LogP contribution in [0.5, 0.6) is 5.75 Å². The number of rotatable bonds is 5. The van der Waals surface area contributed by atoms with Crippen molar-refractivity contribution in [3.63, 3.8) is 0 Å². The average molecular weight is 416 g/mol. The molecule has 0 fully saturated rings. The number of methoxy groups -OCH3 is 1. The van der Waals surface area contributed by atoms with Crippen molar-refractivity contribution in [3.8, 4) is 26.9 Å². The van der Waals surface area contributed by atoms with Gasteiger partial charge in [-0.3, -0.25) is 4.98 Å². The Morgan fingerprint density at radius 1 is 1.18 bits per heavy atom. The summed E-state index contributed by atoms with van der Waals surface area (Å²) >= 11 is 7.43. The van der Waals surface area contributed by atoms with Crippen LogP contribution in [0.4, 0.5) is 4.39 Å². The van der Waals surface area contributed by atoms with Crippen molar-refractivity contribution < 1.29 is 14.2 Å². The van der Waals surface area contributed by atoms with Crippen LogP contribution in [0.3, 0.4) is 0 Å². The lowest BCUT2D eigenvalue weighted by molar-refractivity contribution is 0.215. The molecule has 0 aliphatic heterocycles. The third kappa shape index (κ3) is 3.40. The van der Waals surface area contributed by atoms with E-state index in [0.29, 0.717) is 17.1 Å². The van der Waals surface area contributed by atoms with Gasteiger partial charge in [0.05, 0.1) is 17.0 Å². The Morgan fingerprint density at radius 3 is 2.64 bits per heavy atom. The Hall–Kier alpha value is -2.74. The molecule has 1 atom stereocenters. The summed E-state index contributed by atoms with van der Waals surface area (Å²) in [6.07, 6.45) is 5.49. The molecule has 0 bridgehead atoms. The molecule has 142 valence electrons. The first kappa shape index (κ1) is 18.6. The second-order valence-corrected chi connectivity index (χ2v) is 7.44. The van der Waals surface area contributed by atoms with Crippen molar-refractivity contribution in [1.82, 2.24) is 15.0 Å². The Morgan fingerprint density at radius 2 is 1.96 bits per heavy atom. The van der Waals surface area contributed by atoms with Crippen LogP contribution in [0, 0.1) is 5.82 Å². The fourth-order valence-electron chi connectivity index (χ4n) is 2.92. The molecular formula is C20H15ClFN3O2S. The molecule has 0 aliphatic rings. The third-order valence-corrected chi connectivity index (χ3v) is 5.80. The summed E-state index contributed by atoms with van der Waals surface area (Å²) in [6, 6.07) is 8.14. The number of aromatic nitrogens is 3. The van der Waals surface area contributed by atoms with Gasteiger partial charge in [0.25, 0.3) is 0 Å². The van der Waals surface area contributed by atoms with E-state index in [4.69, 9.17) is 16.3 Å². The minimum atomic E-state index is -1.22. The molecule has 8 heteroatoms. The lowest BCUT2D eigenvalue weighted by Crippen LogP contribution is -2.04. The van der Waals surface area contributed by atoms with Crippen molar-refractivity contribution in [2.45, 2.75) is 6.10 Å². The lowest BCUT2D eigenvalue weighted by atomic mass is 10.00. The number of pyridine rings is 1. The molecule has 4 rings (SSSR count). The molecule has 0 amide bonds. The molecule has 0 spiro atoms. The third-order valence-electron chi connectivity index (χ3n) is 4.30. The van der Waals surface area contributed by atoms with Gasteiger partial charge in [0.1, 0.15) is 23.5 Å². The minimum absolute atomic E-state index is 0.0770. The number of thiophene rings is 1. The molecule has 3 aromatic heterocycles. The number of aliphatic hydroxyl groups excluding tert-OH is 1. The smallest absolute Gasteiger partial charge is 0.147 e. The zero-order valence-corrected chi connectivity index (χ0v) is 16.3. The van der Waals surface area contributed by atoms with E-state index in [9.17, 15) is 9.50 Å². The molecule has 0 saturated carbocycles. The Bertz CT molecular complexity index is 1100. The summed E-state index contributed by atoms with van der Waals surface area (Å²) in [5.74, 6) is 0.280. The summed E-state index contributed by atoms with van der Waals surface area (Å²) < 4.78 is 19.7. The number of halogens is 2. The van der Waals surface area contributed by atoms with E-state index in [0.717, 1.165) is 21.4 Å². The molecule has 0 radical (unpaired) electrons. The van der Waals surface area contributed by atoms with Crippen LogP contribution in [0.25, 0.3) is 21.1 Å². The molecule has 28 heavy (non-hydrogen) atoms. The van der Waals surface area contributed by atoms with Gasteiger partial charge >= 0.3 is 0 Å². The SMILES string of the molecule is COc1cc(C(O)c2cc(-c3ccncc3)sc2-c2ncc[nH]2)c(F)cc1Cl. The van der Waals surface area contributed by atoms with Crippen molar-refractivity contribution in [2.24, 2.45) is 0 Å². The van der Waals surface area contributed by atoms with Crippen LogP contribution in [-0.4, -0.2) is 27.2 Å². The van der Waals surface area contributed by atoms with E-state index in [2.05, 4.69) is 15.0 Å². The fraction of sp³-hybridized carbons (Fsp3) is 0.100. The highest BCUT2D eigenvalue weighted by atomic mass is 35.5. The number of aromatic amines is 1. The molecule has 3 heterocycles. The van der Waals surface area contributed by atoms with E-state index >= 15 is 0 Å². The highest BCUT2D eigenvalue weighted by molar-refractivity contribution is 7.19. The topological polar surface area (TPSA) is 71.0 Å². The zero-order chi connectivity index (χ0) is 19.7. The van der Waals surface area contributed by atoms with Gasteiger partial charge in [0.15, 0.2) is 0 Å². The predicted octanol–water partition coefficient (Wildman–Crippen LogP) is 5.08. The number of benzene rings is 1. The normalized spacial score (nSPS) is 12.1. The van der Waals surface area contributed by atoms with Gasteiger partial charge in [-0.2, -0.15) is 0 Å². The van der Waals surface area contributed by atoms with Crippen LogP contribution in [0.2, 0.25) is 5.02 Å². The fourth-order valence-corrected chi connectivity index (χ4v) is 4.30. The lowest BCUT2D eigenvalue weighted by Gasteiger charge is -2.14. The largest absolute Gasteiger partial charge is 0.495 e. The molecule has 2 N–H and O–H groups in total. The predicted molar refractivity (Wildman–Crippen MR) is 107 cm³/mol. The molecule has 0 saturated heterocycles. The van der Waals surface area contributed by atoms with E-state index < -0.39 is 11.9 Å². The summed E-state index contributed by atoms with van der Waals surface area (Å²) in [5, 5.41) is 11.2. The molecule has 4 aromatic rings. The second kappa shape index (κ2) is 7.71. The van der Waals surface area contributed by atoms with Gasteiger partial charge in [-0.15, -0.1) is 11.3 Å². The summed E-state index contributed by atoms with van der Waals surface area (Å²) in [7, 11) is 1.44.